The van der Waals surface area contributed by atoms with Gasteiger partial charge in [-0.05, 0) is 36.0 Å². The molecule has 0 aliphatic heterocycles. The number of benzene rings is 1. The van der Waals surface area contributed by atoms with Gasteiger partial charge in [-0.3, -0.25) is 4.79 Å². The van der Waals surface area contributed by atoms with Crippen LogP contribution in [-0.2, 0) is 11.2 Å². The highest BCUT2D eigenvalue weighted by Crippen LogP contribution is 2.18. The quantitative estimate of drug-likeness (QED) is 0.796. The molecule has 19 heavy (non-hydrogen) atoms. The van der Waals surface area contributed by atoms with E-state index in [4.69, 9.17) is 5.11 Å². The van der Waals surface area contributed by atoms with Gasteiger partial charge in [0.15, 0.2) is 0 Å². The van der Waals surface area contributed by atoms with Crippen LogP contribution in [0.3, 0.4) is 0 Å². The summed E-state index contributed by atoms with van der Waals surface area (Å²) in [6, 6.07) is 6.19. The number of hydrogen-bond acceptors (Lipinski definition) is 2. The van der Waals surface area contributed by atoms with Gasteiger partial charge in [0, 0.05) is 19.6 Å². The van der Waals surface area contributed by atoms with Crippen molar-refractivity contribution >= 4 is 5.91 Å². The molecule has 3 nitrogen and oxygen atoms in total. The Hall–Kier alpha value is -1.42. The van der Waals surface area contributed by atoms with Gasteiger partial charge in [0.25, 0.3) is 0 Å². The van der Waals surface area contributed by atoms with Gasteiger partial charge in [-0.15, -0.1) is 0 Å². The number of halogens is 1. The number of amides is 1. The monoisotopic (exact) mass is 267 g/mol. The van der Waals surface area contributed by atoms with Crippen molar-refractivity contribution in [3.63, 3.8) is 0 Å². The third-order valence-corrected chi connectivity index (χ3v) is 3.11. The molecule has 2 N–H and O–H groups in total. The fraction of sp³-hybridized carbons (Fsp3) is 0.533. The van der Waals surface area contributed by atoms with E-state index in [2.05, 4.69) is 5.32 Å². The van der Waals surface area contributed by atoms with Crippen molar-refractivity contribution in [2.75, 3.05) is 13.2 Å². The second kappa shape index (κ2) is 7.24. The first kappa shape index (κ1) is 15.6. The number of carbonyl (C=O) groups is 1. The fourth-order valence-corrected chi connectivity index (χ4v) is 1.73. The third-order valence-electron chi connectivity index (χ3n) is 3.11. The van der Waals surface area contributed by atoms with Gasteiger partial charge in [-0.2, -0.15) is 0 Å². The molecule has 0 aliphatic rings. The minimum atomic E-state index is -0.265. The molecule has 0 heterocycles. The van der Waals surface area contributed by atoms with Gasteiger partial charge < -0.3 is 10.4 Å². The molecule has 0 fully saturated rings. The van der Waals surface area contributed by atoms with Crippen LogP contribution in [0.5, 0.6) is 0 Å². The van der Waals surface area contributed by atoms with Gasteiger partial charge in [-0.25, -0.2) is 4.39 Å². The number of aryl methyl sites for hydroxylation is 1. The molecule has 0 saturated heterocycles. The molecule has 0 saturated carbocycles. The largest absolute Gasteiger partial charge is 0.396 e. The van der Waals surface area contributed by atoms with Crippen LogP contribution >= 0.6 is 0 Å². The third kappa shape index (κ3) is 6.34. The van der Waals surface area contributed by atoms with Gasteiger partial charge in [0.05, 0.1) is 0 Å². The van der Waals surface area contributed by atoms with Crippen LogP contribution in [0.1, 0.15) is 32.3 Å². The average Bonchev–Trinajstić information content (AvgIpc) is 2.36. The summed E-state index contributed by atoms with van der Waals surface area (Å²) in [7, 11) is 0. The summed E-state index contributed by atoms with van der Waals surface area (Å²) in [5.74, 6) is -0.283. The summed E-state index contributed by atoms with van der Waals surface area (Å²) in [4.78, 5) is 11.7. The Morgan fingerprint density at radius 3 is 2.53 bits per heavy atom. The summed E-state index contributed by atoms with van der Waals surface area (Å²) >= 11 is 0. The Morgan fingerprint density at radius 1 is 1.32 bits per heavy atom. The van der Waals surface area contributed by atoms with Gasteiger partial charge >= 0.3 is 0 Å². The zero-order valence-corrected chi connectivity index (χ0v) is 11.6. The van der Waals surface area contributed by atoms with Crippen LogP contribution in [-0.4, -0.2) is 24.2 Å². The Morgan fingerprint density at radius 2 is 1.95 bits per heavy atom. The van der Waals surface area contributed by atoms with Crippen LogP contribution < -0.4 is 5.32 Å². The SMILES string of the molecule is CC(C)(CCO)CNC(=O)CCc1ccc(F)cc1. The highest BCUT2D eigenvalue weighted by atomic mass is 19.1. The maximum absolute atomic E-state index is 12.7. The van der Waals surface area contributed by atoms with Crippen molar-refractivity contribution in [1.82, 2.24) is 5.32 Å². The summed E-state index contributed by atoms with van der Waals surface area (Å²) in [6.07, 6.45) is 1.65. The van der Waals surface area contributed by atoms with E-state index in [1.165, 1.54) is 12.1 Å². The van der Waals surface area contributed by atoms with E-state index < -0.39 is 0 Å². The molecule has 0 spiro atoms. The molecule has 0 aromatic heterocycles. The van der Waals surface area contributed by atoms with E-state index >= 15 is 0 Å². The highest BCUT2D eigenvalue weighted by Gasteiger charge is 2.17. The van der Waals surface area contributed by atoms with Crippen molar-refractivity contribution in [1.29, 1.82) is 0 Å². The smallest absolute Gasteiger partial charge is 0.220 e. The zero-order valence-electron chi connectivity index (χ0n) is 11.6. The van der Waals surface area contributed by atoms with E-state index in [1.54, 1.807) is 12.1 Å². The van der Waals surface area contributed by atoms with E-state index in [0.717, 1.165) is 5.56 Å². The Kier molecular flexibility index (Phi) is 5.96. The van der Waals surface area contributed by atoms with E-state index in [0.29, 0.717) is 25.8 Å². The molecule has 0 radical (unpaired) electrons. The molecule has 1 amide bonds. The first-order valence-corrected chi connectivity index (χ1v) is 6.55. The molecule has 0 unspecified atom stereocenters. The maximum atomic E-state index is 12.7. The molecule has 0 atom stereocenters. The van der Waals surface area contributed by atoms with E-state index in [9.17, 15) is 9.18 Å². The zero-order chi connectivity index (χ0) is 14.3. The molecular weight excluding hydrogens is 245 g/mol. The fourth-order valence-electron chi connectivity index (χ4n) is 1.73. The van der Waals surface area contributed by atoms with Crippen LogP contribution in [0.4, 0.5) is 4.39 Å². The second-order valence-electron chi connectivity index (χ2n) is 5.54. The standard InChI is InChI=1S/C15H22FNO2/c1-15(2,9-10-18)11-17-14(19)8-5-12-3-6-13(16)7-4-12/h3-4,6-7,18H,5,8-11H2,1-2H3,(H,17,19). The minimum Gasteiger partial charge on any atom is -0.396 e. The number of aliphatic hydroxyl groups excluding tert-OH is 1. The van der Waals surface area contributed by atoms with Gasteiger partial charge in [-0.1, -0.05) is 26.0 Å². The lowest BCUT2D eigenvalue weighted by Gasteiger charge is -2.23. The number of carbonyl (C=O) groups excluding carboxylic acids is 1. The van der Waals surface area contributed by atoms with Gasteiger partial charge in [0.2, 0.25) is 5.91 Å². The molecule has 4 heteroatoms. The average molecular weight is 267 g/mol. The molecule has 1 rings (SSSR count). The van der Waals surface area contributed by atoms with Crippen molar-refractivity contribution < 1.29 is 14.3 Å². The lowest BCUT2D eigenvalue weighted by Crippen LogP contribution is -2.34. The number of aliphatic hydroxyl groups is 1. The number of rotatable bonds is 7. The number of hydrogen-bond donors (Lipinski definition) is 2. The van der Waals surface area contributed by atoms with Crippen LogP contribution in [0.15, 0.2) is 24.3 Å². The molecule has 1 aromatic carbocycles. The lowest BCUT2D eigenvalue weighted by molar-refractivity contribution is -0.121. The maximum Gasteiger partial charge on any atom is 0.220 e. The van der Waals surface area contributed by atoms with Crippen molar-refractivity contribution in [3.05, 3.63) is 35.6 Å². The summed E-state index contributed by atoms with van der Waals surface area (Å²) in [5, 5.41) is 11.8. The topological polar surface area (TPSA) is 49.3 Å². The molecule has 1 aromatic rings. The highest BCUT2D eigenvalue weighted by molar-refractivity contribution is 5.76. The number of nitrogens with one attached hydrogen (secondary N) is 1. The van der Waals surface area contributed by atoms with Crippen molar-refractivity contribution in [3.8, 4) is 0 Å². The Labute approximate surface area is 113 Å². The minimum absolute atomic E-state index is 0.0182. The first-order valence-electron chi connectivity index (χ1n) is 6.55. The van der Waals surface area contributed by atoms with Crippen molar-refractivity contribution in [2.24, 2.45) is 5.41 Å². The normalized spacial score (nSPS) is 11.4. The van der Waals surface area contributed by atoms with Crippen LogP contribution in [0.2, 0.25) is 0 Å². The summed E-state index contributed by atoms with van der Waals surface area (Å²) < 4.78 is 12.7. The predicted octanol–water partition coefficient (Wildman–Crippen LogP) is 2.28. The molecule has 0 aliphatic carbocycles. The lowest BCUT2D eigenvalue weighted by atomic mass is 9.90. The summed E-state index contributed by atoms with van der Waals surface area (Å²) in [6.45, 7) is 4.68. The van der Waals surface area contributed by atoms with Gasteiger partial charge in [0.1, 0.15) is 5.82 Å². The van der Waals surface area contributed by atoms with Crippen molar-refractivity contribution in [2.45, 2.75) is 33.1 Å². The second-order valence-corrected chi connectivity index (χ2v) is 5.54. The summed E-state index contributed by atoms with van der Waals surface area (Å²) in [5.41, 5.74) is 0.853. The molecule has 106 valence electrons. The van der Waals surface area contributed by atoms with Crippen LogP contribution in [0.25, 0.3) is 0 Å². The first-order chi connectivity index (χ1) is 8.93. The molecule has 0 bridgehead atoms. The van der Waals surface area contributed by atoms with Crippen LogP contribution in [0, 0.1) is 11.2 Å². The predicted molar refractivity (Wildman–Crippen MR) is 73.2 cm³/mol. The Balaban J connectivity index is 2.30. The molecular formula is C15H22FNO2. The van der Waals surface area contributed by atoms with E-state index in [1.807, 2.05) is 13.8 Å². The van der Waals surface area contributed by atoms with E-state index in [-0.39, 0.29) is 23.7 Å². The Bertz CT molecular complexity index is 401.